The Kier molecular flexibility index (Phi) is 6.68. The number of hydrogen-bond acceptors (Lipinski definition) is 4. The van der Waals surface area contributed by atoms with Gasteiger partial charge in [-0.3, -0.25) is 14.4 Å². The third-order valence-electron chi connectivity index (χ3n) is 6.17. The van der Waals surface area contributed by atoms with Gasteiger partial charge in [0, 0.05) is 32.2 Å². The standard InChI is InChI=1S/C26H28N4O3/c1-3-29-13-14-30(26(33)23-11-12-24(31)28-27-23)17-21(25(29)32)16-19-8-6-9-20(15-19)22-10-5-4-7-18(22)2/h4-12,15,21H,3,13-14,16-17H2,1-2H3,(H,28,31). The van der Waals surface area contributed by atoms with Crippen LogP contribution in [0.5, 0.6) is 0 Å². The lowest BCUT2D eigenvalue weighted by Crippen LogP contribution is -2.38. The minimum absolute atomic E-state index is 0.0588. The molecule has 0 spiro atoms. The fourth-order valence-electron chi connectivity index (χ4n) is 4.37. The minimum atomic E-state index is -0.360. The van der Waals surface area contributed by atoms with Crippen LogP contribution in [-0.4, -0.2) is 58.0 Å². The van der Waals surface area contributed by atoms with Gasteiger partial charge in [-0.05, 0) is 48.6 Å². The second-order valence-corrected chi connectivity index (χ2v) is 8.39. The van der Waals surface area contributed by atoms with Crippen molar-refractivity contribution in [1.82, 2.24) is 20.0 Å². The Bertz CT molecular complexity index is 1200. The van der Waals surface area contributed by atoms with Crippen LogP contribution in [0.2, 0.25) is 0 Å². The highest BCUT2D eigenvalue weighted by atomic mass is 16.2. The van der Waals surface area contributed by atoms with Crippen LogP contribution in [0.1, 0.15) is 28.5 Å². The molecule has 7 nitrogen and oxygen atoms in total. The van der Waals surface area contributed by atoms with Crippen LogP contribution in [0.4, 0.5) is 0 Å². The molecule has 2 heterocycles. The summed E-state index contributed by atoms with van der Waals surface area (Å²) < 4.78 is 0. The number of nitrogens with one attached hydrogen (secondary N) is 1. The summed E-state index contributed by atoms with van der Waals surface area (Å²) in [6, 6.07) is 19.2. The number of aromatic nitrogens is 2. The first-order valence-electron chi connectivity index (χ1n) is 11.2. The van der Waals surface area contributed by atoms with Gasteiger partial charge in [-0.25, -0.2) is 5.10 Å². The lowest BCUT2D eigenvalue weighted by molar-refractivity contribution is -0.134. The van der Waals surface area contributed by atoms with E-state index in [2.05, 4.69) is 41.4 Å². The summed E-state index contributed by atoms with van der Waals surface area (Å²) in [4.78, 5) is 41.1. The molecule has 2 aromatic carbocycles. The minimum Gasteiger partial charge on any atom is -0.341 e. The lowest BCUT2D eigenvalue weighted by Gasteiger charge is -2.23. The van der Waals surface area contributed by atoms with Gasteiger partial charge in [0.1, 0.15) is 5.69 Å². The maximum Gasteiger partial charge on any atom is 0.274 e. The molecular weight excluding hydrogens is 416 g/mol. The van der Waals surface area contributed by atoms with Crippen LogP contribution in [-0.2, 0) is 11.2 Å². The van der Waals surface area contributed by atoms with Crippen LogP contribution in [0, 0.1) is 12.8 Å². The van der Waals surface area contributed by atoms with Gasteiger partial charge in [0.05, 0.1) is 5.92 Å². The van der Waals surface area contributed by atoms with Crippen molar-refractivity contribution < 1.29 is 9.59 Å². The summed E-state index contributed by atoms with van der Waals surface area (Å²) in [5.74, 6) is -0.578. The molecule has 1 saturated heterocycles. The van der Waals surface area contributed by atoms with Crippen LogP contribution in [0.25, 0.3) is 11.1 Å². The normalized spacial score (nSPS) is 16.5. The monoisotopic (exact) mass is 444 g/mol. The second-order valence-electron chi connectivity index (χ2n) is 8.39. The fourth-order valence-corrected chi connectivity index (χ4v) is 4.37. The van der Waals surface area contributed by atoms with Crippen LogP contribution in [0.15, 0.2) is 65.5 Å². The SMILES string of the molecule is CCN1CCN(C(=O)c2ccc(=O)[nH]n2)CC(Cc2cccc(-c3ccccc3C)c2)C1=O. The Morgan fingerprint density at radius 3 is 2.61 bits per heavy atom. The molecule has 0 saturated carbocycles. The second kappa shape index (κ2) is 9.81. The topological polar surface area (TPSA) is 86.4 Å². The van der Waals surface area contributed by atoms with E-state index in [0.29, 0.717) is 32.6 Å². The molecule has 1 atom stereocenters. The van der Waals surface area contributed by atoms with Gasteiger partial charge in [-0.15, -0.1) is 0 Å². The van der Waals surface area contributed by atoms with Gasteiger partial charge in [-0.2, -0.15) is 5.10 Å². The quantitative estimate of drug-likeness (QED) is 0.656. The number of H-pyrrole nitrogens is 1. The Balaban J connectivity index is 1.59. The van der Waals surface area contributed by atoms with Crippen molar-refractivity contribution >= 4 is 11.8 Å². The highest BCUT2D eigenvalue weighted by molar-refractivity contribution is 5.93. The number of benzene rings is 2. The van der Waals surface area contributed by atoms with Crippen molar-refractivity contribution in [2.24, 2.45) is 5.92 Å². The smallest absolute Gasteiger partial charge is 0.274 e. The Labute approximate surface area is 193 Å². The maximum atomic E-state index is 13.3. The molecule has 2 amide bonds. The van der Waals surface area contributed by atoms with Gasteiger partial charge in [-0.1, -0.05) is 48.5 Å². The molecule has 33 heavy (non-hydrogen) atoms. The van der Waals surface area contributed by atoms with Gasteiger partial charge in [0.2, 0.25) is 5.91 Å². The van der Waals surface area contributed by atoms with Crippen molar-refractivity contribution in [1.29, 1.82) is 0 Å². The van der Waals surface area contributed by atoms with Gasteiger partial charge in [0.25, 0.3) is 11.5 Å². The van der Waals surface area contributed by atoms with Gasteiger partial charge in [0.15, 0.2) is 0 Å². The molecule has 1 aliphatic rings. The zero-order chi connectivity index (χ0) is 23.4. The van der Waals surface area contributed by atoms with E-state index in [1.165, 1.54) is 23.3 Å². The third kappa shape index (κ3) is 5.03. The van der Waals surface area contributed by atoms with E-state index in [1.54, 1.807) is 4.90 Å². The van der Waals surface area contributed by atoms with E-state index >= 15 is 0 Å². The molecule has 1 fully saturated rings. The van der Waals surface area contributed by atoms with E-state index in [-0.39, 0.29) is 29.0 Å². The first kappa shape index (κ1) is 22.5. The van der Waals surface area contributed by atoms with Gasteiger partial charge < -0.3 is 9.80 Å². The molecule has 1 unspecified atom stereocenters. The van der Waals surface area contributed by atoms with Crippen LogP contribution < -0.4 is 5.56 Å². The predicted octanol–water partition coefficient (Wildman–Crippen LogP) is 2.91. The summed E-state index contributed by atoms with van der Waals surface area (Å²) in [5, 5.41) is 6.19. The number of amides is 2. The molecule has 0 radical (unpaired) electrons. The van der Waals surface area contributed by atoms with Crippen molar-refractivity contribution in [3.05, 3.63) is 87.8 Å². The van der Waals surface area contributed by atoms with E-state index < -0.39 is 0 Å². The number of aromatic amines is 1. The number of aryl methyl sites for hydroxylation is 1. The van der Waals surface area contributed by atoms with Crippen LogP contribution >= 0.6 is 0 Å². The van der Waals surface area contributed by atoms with Gasteiger partial charge >= 0.3 is 0 Å². The molecule has 0 bridgehead atoms. The molecule has 3 aromatic rings. The Morgan fingerprint density at radius 2 is 1.88 bits per heavy atom. The predicted molar refractivity (Wildman–Crippen MR) is 127 cm³/mol. The summed E-state index contributed by atoms with van der Waals surface area (Å²) in [6.07, 6.45) is 0.540. The number of nitrogens with zero attached hydrogens (tertiary/aromatic N) is 3. The van der Waals surface area contributed by atoms with Crippen molar-refractivity contribution in [3.63, 3.8) is 0 Å². The largest absolute Gasteiger partial charge is 0.341 e. The molecule has 0 aliphatic carbocycles. The summed E-state index contributed by atoms with van der Waals surface area (Å²) >= 11 is 0. The van der Waals surface area contributed by atoms with Crippen molar-refractivity contribution in [2.75, 3.05) is 26.2 Å². The van der Waals surface area contributed by atoms with Crippen molar-refractivity contribution in [3.8, 4) is 11.1 Å². The number of likely N-dealkylation sites (N-methyl/N-ethyl adjacent to an activating group) is 1. The molecule has 1 aromatic heterocycles. The fraction of sp³-hybridized carbons (Fsp3) is 0.308. The summed E-state index contributed by atoms with van der Waals surface area (Å²) in [6.45, 7) is 5.85. The highest BCUT2D eigenvalue weighted by Crippen LogP contribution is 2.26. The number of rotatable bonds is 5. The average Bonchev–Trinajstić information content (AvgIpc) is 2.98. The number of hydrogen-bond donors (Lipinski definition) is 1. The Hall–Kier alpha value is -3.74. The molecule has 1 N–H and O–H groups in total. The number of carbonyl (C=O) groups is 2. The lowest BCUT2D eigenvalue weighted by atomic mass is 9.93. The van der Waals surface area contributed by atoms with Crippen molar-refractivity contribution in [2.45, 2.75) is 20.3 Å². The maximum absolute atomic E-state index is 13.3. The van der Waals surface area contributed by atoms with E-state index in [1.807, 2.05) is 36.1 Å². The summed E-state index contributed by atoms with van der Waals surface area (Å²) in [5.41, 5.74) is 4.35. The van der Waals surface area contributed by atoms with E-state index in [4.69, 9.17) is 0 Å². The third-order valence-corrected chi connectivity index (χ3v) is 6.17. The van der Waals surface area contributed by atoms with E-state index in [9.17, 15) is 14.4 Å². The first-order chi connectivity index (χ1) is 16.0. The molecule has 7 heteroatoms. The zero-order valence-electron chi connectivity index (χ0n) is 19.0. The highest BCUT2D eigenvalue weighted by Gasteiger charge is 2.32. The van der Waals surface area contributed by atoms with E-state index in [0.717, 1.165) is 11.1 Å². The first-order valence-corrected chi connectivity index (χ1v) is 11.2. The number of carbonyl (C=O) groups excluding carboxylic acids is 2. The zero-order valence-corrected chi connectivity index (χ0v) is 19.0. The molecule has 170 valence electrons. The molecular formula is C26H28N4O3. The summed E-state index contributed by atoms with van der Waals surface area (Å²) in [7, 11) is 0. The Morgan fingerprint density at radius 1 is 1.06 bits per heavy atom. The van der Waals surface area contributed by atoms with Crippen LogP contribution in [0.3, 0.4) is 0 Å². The molecule has 4 rings (SSSR count). The average molecular weight is 445 g/mol. The molecule has 1 aliphatic heterocycles.